The molecular weight excluding hydrogens is 222 g/mol. The van der Waals surface area contributed by atoms with Crippen molar-refractivity contribution in [3.63, 3.8) is 0 Å². The second kappa shape index (κ2) is 4.74. The van der Waals surface area contributed by atoms with Crippen molar-refractivity contribution in [2.75, 3.05) is 13.2 Å². The predicted octanol–water partition coefficient (Wildman–Crippen LogP) is 2.29. The van der Waals surface area contributed by atoms with E-state index >= 15 is 0 Å². The molecule has 0 bridgehead atoms. The molecule has 1 saturated carbocycles. The zero-order valence-electron chi connectivity index (χ0n) is 10.0. The Labute approximate surface area is 101 Å². The summed E-state index contributed by atoms with van der Waals surface area (Å²) in [6, 6.07) is 0. The Morgan fingerprint density at radius 1 is 1.24 bits per heavy atom. The molecule has 5 nitrogen and oxygen atoms in total. The van der Waals surface area contributed by atoms with Gasteiger partial charge in [-0.25, -0.2) is 0 Å². The smallest absolute Gasteiger partial charge is 0.271 e. The third-order valence-corrected chi connectivity index (χ3v) is 3.73. The Bertz CT molecular complexity index is 300. The zero-order chi connectivity index (χ0) is 12.4. The van der Waals surface area contributed by atoms with Crippen LogP contribution in [0.3, 0.4) is 0 Å². The molecule has 5 heteroatoms. The van der Waals surface area contributed by atoms with Crippen LogP contribution >= 0.6 is 0 Å². The Hall–Kier alpha value is -0.940. The van der Waals surface area contributed by atoms with Crippen molar-refractivity contribution in [3.05, 3.63) is 22.8 Å². The molecule has 2 aliphatic rings. The minimum absolute atomic E-state index is 0.131. The largest absolute Gasteiger partial charge is 0.342 e. The summed E-state index contributed by atoms with van der Waals surface area (Å²) >= 11 is 0. The van der Waals surface area contributed by atoms with Crippen LogP contribution in [0.2, 0.25) is 0 Å². The van der Waals surface area contributed by atoms with Crippen LogP contribution in [-0.2, 0) is 9.47 Å². The van der Waals surface area contributed by atoms with Gasteiger partial charge < -0.3 is 9.47 Å². The molecule has 2 rings (SSSR count). The second-order valence-electron chi connectivity index (χ2n) is 5.02. The molecule has 0 atom stereocenters. The molecule has 0 amide bonds. The quantitative estimate of drug-likeness (QED) is 0.432. The highest BCUT2D eigenvalue weighted by atomic mass is 16.7. The first-order chi connectivity index (χ1) is 8.13. The molecule has 1 heterocycles. The lowest BCUT2D eigenvalue weighted by Gasteiger charge is -2.43. The molecule has 0 aromatic carbocycles. The fourth-order valence-electron chi connectivity index (χ4n) is 2.56. The van der Waals surface area contributed by atoms with Gasteiger partial charge in [0.25, 0.3) is 5.54 Å². The van der Waals surface area contributed by atoms with Crippen molar-refractivity contribution in [2.24, 2.45) is 0 Å². The lowest BCUT2D eigenvalue weighted by Crippen LogP contribution is -2.57. The average molecular weight is 241 g/mol. The third kappa shape index (κ3) is 2.35. The Morgan fingerprint density at radius 2 is 1.82 bits per heavy atom. The molecule has 1 aliphatic heterocycles. The summed E-state index contributed by atoms with van der Waals surface area (Å²) in [5.74, 6) is -0.543. The van der Waals surface area contributed by atoms with Crippen molar-refractivity contribution in [2.45, 2.75) is 49.9 Å². The standard InChI is InChI=1S/C12H19NO4/c1-2-6-11(13(14)15)9-16-12(17-10-11)7-4-3-5-8-12/h2H,1,3-10H2. The van der Waals surface area contributed by atoms with Gasteiger partial charge in [-0.3, -0.25) is 10.1 Å². The first-order valence-corrected chi connectivity index (χ1v) is 6.16. The van der Waals surface area contributed by atoms with E-state index in [0.717, 1.165) is 25.7 Å². The minimum Gasteiger partial charge on any atom is -0.342 e. The maximum Gasteiger partial charge on any atom is 0.271 e. The van der Waals surface area contributed by atoms with Crippen LogP contribution in [0.1, 0.15) is 38.5 Å². The second-order valence-corrected chi connectivity index (χ2v) is 5.02. The van der Waals surface area contributed by atoms with Gasteiger partial charge in [0.15, 0.2) is 5.79 Å². The van der Waals surface area contributed by atoms with Crippen molar-refractivity contribution >= 4 is 0 Å². The zero-order valence-corrected chi connectivity index (χ0v) is 10.0. The molecule has 0 aromatic heterocycles. The summed E-state index contributed by atoms with van der Waals surface area (Å²) < 4.78 is 11.4. The van der Waals surface area contributed by atoms with E-state index in [0.29, 0.717) is 0 Å². The SMILES string of the molecule is C=CCC1([N+](=O)[O-])COC2(CCCCC2)OC1. The van der Waals surface area contributed by atoms with Gasteiger partial charge in [-0.1, -0.05) is 12.5 Å². The van der Waals surface area contributed by atoms with Gasteiger partial charge in [-0.2, -0.15) is 0 Å². The van der Waals surface area contributed by atoms with E-state index in [1.807, 2.05) is 0 Å². The van der Waals surface area contributed by atoms with Gasteiger partial charge >= 0.3 is 0 Å². The average Bonchev–Trinajstić information content (AvgIpc) is 2.34. The van der Waals surface area contributed by atoms with Gasteiger partial charge in [0.2, 0.25) is 0 Å². The highest BCUT2D eigenvalue weighted by Crippen LogP contribution is 2.38. The summed E-state index contributed by atoms with van der Waals surface area (Å²) in [4.78, 5) is 10.8. The van der Waals surface area contributed by atoms with Crippen LogP contribution in [0.5, 0.6) is 0 Å². The Kier molecular flexibility index (Phi) is 3.49. The van der Waals surface area contributed by atoms with Gasteiger partial charge in [-0.15, -0.1) is 6.58 Å². The minimum atomic E-state index is -1.13. The normalized spacial score (nSPS) is 26.6. The van der Waals surface area contributed by atoms with Crippen LogP contribution in [0, 0.1) is 10.1 Å². The molecule has 96 valence electrons. The molecule has 1 aliphatic carbocycles. The number of hydrogen-bond acceptors (Lipinski definition) is 4. The van der Waals surface area contributed by atoms with E-state index in [1.54, 1.807) is 6.08 Å². The Morgan fingerprint density at radius 3 is 2.29 bits per heavy atom. The summed E-state index contributed by atoms with van der Waals surface area (Å²) in [7, 11) is 0. The first kappa shape index (κ1) is 12.5. The predicted molar refractivity (Wildman–Crippen MR) is 62.3 cm³/mol. The van der Waals surface area contributed by atoms with Crippen LogP contribution in [0.4, 0.5) is 0 Å². The van der Waals surface area contributed by atoms with E-state index in [9.17, 15) is 10.1 Å². The van der Waals surface area contributed by atoms with Crippen LogP contribution in [0.25, 0.3) is 0 Å². The van der Waals surface area contributed by atoms with E-state index in [-0.39, 0.29) is 24.6 Å². The lowest BCUT2D eigenvalue weighted by molar-refractivity contribution is -0.596. The van der Waals surface area contributed by atoms with Crippen molar-refractivity contribution < 1.29 is 14.4 Å². The van der Waals surface area contributed by atoms with Crippen molar-refractivity contribution in [1.82, 2.24) is 0 Å². The molecule has 0 radical (unpaired) electrons. The number of ether oxygens (including phenoxy) is 2. The van der Waals surface area contributed by atoms with E-state index in [4.69, 9.17) is 9.47 Å². The maximum absolute atomic E-state index is 11.1. The molecule has 0 N–H and O–H groups in total. The summed E-state index contributed by atoms with van der Waals surface area (Å²) in [5.41, 5.74) is -1.13. The summed E-state index contributed by atoms with van der Waals surface area (Å²) in [6.45, 7) is 3.83. The third-order valence-electron chi connectivity index (χ3n) is 3.73. The molecule has 1 saturated heterocycles. The maximum atomic E-state index is 11.1. The van der Waals surface area contributed by atoms with Crippen molar-refractivity contribution in [3.8, 4) is 0 Å². The highest BCUT2D eigenvalue weighted by Gasteiger charge is 2.52. The van der Waals surface area contributed by atoms with Gasteiger partial charge in [0.1, 0.15) is 13.2 Å². The topological polar surface area (TPSA) is 61.6 Å². The molecule has 2 fully saturated rings. The van der Waals surface area contributed by atoms with Gasteiger partial charge in [0.05, 0.1) is 0 Å². The lowest BCUT2D eigenvalue weighted by atomic mass is 9.90. The number of rotatable bonds is 3. The van der Waals surface area contributed by atoms with Crippen molar-refractivity contribution in [1.29, 1.82) is 0 Å². The number of nitro groups is 1. The number of nitrogens with zero attached hydrogens (tertiary/aromatic N) is 1. The monoisotopic (exact) mass is 241 g/mol. The molecule has 0 aromatic rings. The molecule has 1 spiro atoms. The summed E-state index contributed by atoms with van der Waals surface area (Å²) in [5, 5.41) is 11.1. The molecular formula is C12H19NO4. The van der Waals surface area contributed by atoms with Gasteiger partial charge in [0, 0.05) is 24.2 Å². The molecule has 0 unspecified atom stereocenters. The first-order valence-electron chi connectivity index (χ1n) is 6.16. The summed E-state index contributed by atoms with van der Waals surface area (Å²) in [6.07, 6.45) is 6.91. The fraction of sp³-hybridized carbons (Fsp3) is 0.833. The van der Waals surface area contributed by atoms with Gasteiger partial charge in [-0.05, 0) is 12.8 Å². The molecule has 17 heavy (non-hydrogen) atoms. The Balaban J connectivity index is 2.04. The fourth-order valence-corrected chi connectivity index (χ4v) is 2.56. The van der Waals surface area contributed by atoms with Crippen LogP contribution in [0.15, 0.2) is 12.7 Å². The number of hydrogen-bond donors (Lipinski definition) is 0. The van der Waals surface area contributed by atoms with Crippen LogP contribution < -0.4 is 0 Å². The van der Waals surface area contributed by atoms with E-state index < -0.39 is 11.3 Å². The highest BCUT2D eigenvalue weighted by molar-refractivity contribution is 4.92. The van der Waals surface area contributed by atoms with E-state index in [1.165, 1.54) is 6.42 Å². The van der Waals surface area contributed by atoms with Crippen LogP contribution in [-0.4, -0.2) is 29.5 Å². The van der Waals surface area contributed by atoms with E-state index in [2.05, 4.69) is 6.58 Å².